The number of halogens is 1. The van der Waals surface area contributed by atoms with E-state index >= 15 is 0 Å². The summed E-state index contributed by atoms with van der Waals surface area (Å²) in [4.78, 5) is 11.7. The number of carbonyl (C=O) groups is 1. The van der Waals surface area contributed by atoms with Crippen molar-refractivity contribution >= 4 is 23.2 Å². The molecule has 19 heavy (non-hydrogen) atoms. The number of benzene rings is 1. The Labute approximate surface area is 119 Å². The maximum Gasteiger partial charge on any atom is 0.238 e. The van der Waals surface area contributed by atoms with Crippen LogP contribution in [0.15, 0.2) is 24.3 Å². The van der Waals surface area contributed by atoms with Gasteiger partial charge in [-0.05, 0) is 25.5 Å². The Morgan fingerprint density at radius 2 is 2.11 bits per heavy atom. The Morgan fingerprint density at radius 1 is 1.42 bits per heavy atom. The van der Waals surface area contributed by atoms with E-state index < -0.39 is 5.60 Å². The molecule has 106 valence electrons. The van der Waals surface area contributed by atoms with Crippen molar-refractivity contribution in [2.75, 3.05) is 18.4 Å². The number of amides is 1. The third-order valence-corrected chi connectivity index (χ3v) is 3.06. The molecule has 1 atom stereocenters. The first-order valence-corrected chi connectivity index (χ1v) is 6.80. The molecule has 0 fully saturated rings. The summed E-state index contributed by atoms with van der Waals surface area (Å²) in [5, 5.41) is 16.1. The van der Waals surface area contributed by atoms with Crippen molar-refractivity contribution < 1.29 is 9.90 Å². The molecule has 1 aromatic rings. The first kappa shape index (κ1) is 16.0. The topological polar surface area (TPSA) is 61.4 Å². The maximum atomic E-state index is 11.7. The van der Waals surface area contributed by atoms with Gasteiger partial charge in [-0.3, -0.25) is 4.79 Å². The Balaban J connectivity index is 2.35. The fourth-order valence-corrected chi connectivity index (χ4v) is 2.01. The van der Waals surface area contributed by atoms with Crippen molar-refractivity contribution in [3.63, 3.8) is 0 Å². The Hall–Kier alpha value is -1.10. The van der Waals surface area contributed by atoms with E-state index in [9.17, 15) is 9.90 Å². The maximum absolute atomic E-state index is 11.7. The zero-order valence-corrected chi connectivity index (χ0v) is 12.1. The zero-order valence-electron chi connectivity index (χ0n) is 11.4. The van der Waals surface area contributed by atoms with Gasteiger partial charge in [-0.1, -0.05) is 37.1 Å². The van der Waals surface area contributed by atoms with Gasteiger partial charge in [0.2, 0.25) is 5.91 Å². The third kappa shape index (κ3) is 6.05. The van der Waals surface area contributed by atoms with Crippen LogP contribution in [0.1, 0.15) is 26.7 Å². The molecule has 0 saturated carbocycles. The molecule has 0 spiro atoms. The molecule has 1 aromatic carbocycles. The molecule has 0 heterocycles. The number of carbonyl (C=O) groups excluding carboxylic acids is 1. The molecule has 1 amide bonds. The normalized spacial score (nSPS) is 13.9. The van der Waals surface area contributed by atoms with Gasteiger partial charge in [-0.25, -0.2) is 0 Å². The molecule has 0 saturated heterocycles. The van der Waals surface area contributed by atoms with Crippen LogP contribution in [0, 0.1) is 0 Å². The van der Waals surface area contributed by atoms with Crippen LogP contribution in [0.25, 0.3) is 0 Å². The minimum atomic E-state index is -0.778. The molecular weight excluding hydrogens is 264 g/mol. The van der Waals surface area contributed by atoms with Crippen molar-refractivity contribution in [2.24, 2.45) is 0 Å². The van der Waals surface area contributed by atoms with E-state index in [2.05, 4.69) is 10.6 Å². The lowest BCUT2D eigenvalue weighted by Gasteiger charge is -2.22. The second-order valence-corrected chi connectivity index (χ2v) is 5.29. The summed E-state index contributed by atoms with van der Waals surface area (Å²) in [6.07, 6.45) is 1.60. The van der Waals surface area contributed by atoms with E-state index in [-0.39, 0.29) is 12.5 Å². The first-order chi connectivity index (χ1) is 8.94. The molecule has 0 bridgehead atoms. The highest BCUT2D eigenvalue weighted by Crippen LogP contribution is 2.20. The van der Waals surface area contributed by atoms with Gasteiger partial charge >= 0.3 is 0 Å². The Morgan fingerprint density at radius 3 is 2.74 bits per heavy atom. The van der Waals surface area contributed by atoms with Crippen molar-refractivity contribution in [3.8, 4) is 0 Å². The van der Waals surface area contributed by atoms with Crippen LogP contribution in [0.4, 0.5) is 5.69 Å². The van der Waals surface area contributed by atoms with Crippen LogP contribution in [0.5, 0.6) is 0 Å². The van der Waals surface area contributed by atoms with Gasteiger partial charge in [0.1, 0.15) is 0 Å². The minimum absolute atomic E-state index is 0.144. The van der Waals surface area contributed by atoms with Crippen molar-refractivity contribution in [1.82, 2.24) is 5.32 Å². The Bertz CT molecular complexity index is 422. The number of rotatable bonds is 7. The molecule has 5 heteroatoms. The van der Waals surface area contributed by atoms with Crippen LogP contribution in [0.2, 0.25) is 5.02 Å². The fourth-order valence-electron chi connectivity index (χ4n) is 1.83. The molecule has 3 N–H and O–H groups in total. The molecule has 0 radical (unpaired) electrons. The van der Waals surface area contributed by atoms with Gasteiger partial charge in [0, 0.05) is 6.54 Å². The summed E-state index contributed by atoms with van der Waals surface area (Å²) >= 11 is 5.94. The SMILES string of the molecule is CCCC(C)(O)CNCC(=O)Nc1ccccc1Cl. The monoisotopic (exact) mass is 284 g/mol. The van der Waals surface area contributed by atoms with E-state index in [1.807, 2.05) is 6.92 Å². The summed E-state index contributed by atoms with van der Waals surface area (Å²) in [6.45, 7) is 4.30. The van der Waals surface area contributed by atoms with Gasteiger partial charge in [0.15, 0.2) is 0 Å². The van der Waals surface area contributed by atoms with E-state index in [0.717, 1.165) is 6.42 Å². The van der Waals surface area contributed by atoms with Gasteiger partial charge < -0.3 is 15.7 Å². The summed E-state index contributed by atoms with van der Waals surface area (Å²) in [6, 6.07) is 7.07. The molecule has 0 aromatic heterocycles. The van der Waals surface area contributed by atoms with Crippen LogP contribution < -0.4 is 10.6 Å². The standard InChI is InChI=1S/C14H21ClN2O2/c1-3-8-14(2,19)10-16-9-13(18)17-12-7-5-4-6-11(12)15/h4-7,16,19H,3,8-10H2,1-2H3,(H,17,18). The van der Waals surface area contributed by atoms with Crippen LogP contribution in [0.3, 0.4) is 0 Å². The highest BCUT2D eigenvalue weighted by Gasteiger charge is 2.18. The minimum Gasteiger partial charge on any atom is -0.389 e. The lowest BCUT2D eigenvalue weighted by Crippen LogP contribution is -2.40. The first-order valence-electron chi connectivity index (χ1n) is 6.42. The average Bonchev–Trinajstić information content (AvgIpc) is 2.31. The number of hydrogen-bond acceptors (Lipinski definition) is 3. The second kappa shape index (κ2) is 7.48. The number of anilines is 1. The van der Waals surface area contributed by atoms with Crippen LogP contribution >= 0.6 is 11.6 Å². The predicted molar refractivity (Wildman–Crippen MR) is 78.5 cm³/mol. The quantitative estimate of drug-likeness (QED) is 0.721. The molecule has 0 aliphatic carbocycles. The summed E-state index contributed by atoms with van der Waals surface area (Å²) < 4.78 is 0. The van der Waals surface area contributed by atoms with Gasteiger partial charge in [0.05, 0.1) is 22.9 Å². The number of aliphatic hydroxyl groups is 1. The van der Waals surface area contributed by atoms with E-state index in [4.69, 9.17) is 11.6 Å². The highest BCUT2D eigenvalue weighted by atomic mass is 35.5. The molecule has 0 aliphatic heterocycles. The smallest absolute Gasteiger partial charge is 0.238 e. The average molecular weight is 285 g/mol. The molecule has 1 rings (SSSR count). The van der Waals surface area contributed by atoms with Crippen molar-refractivity contribution in [3.05, 3.63) is 29.3 Å². The number of nitrogens with one attached hydrogen (secondary N) is 2. The van der Waals surface area contributed by atoms with Gasteiger partial charge in [-0.2, -0.15) is 0 Å². The number of para-hydroxylation sites is 1. The van der Waals surface area contributed by atoms with E-state index in [0.29, 0.717) is 23.7 Å². The molecule has 1 unspecified atom stereocenters. The van der Waals surface area contributed by atoms with Crippen molar-refractivity contribution in [1.29, 1.82) is 0 Å². The van der Waals surface area contributed by atoms with E-state index in [1.165, 1.54) is 0 Å². The van der Waals surface area contributed by atoms with E-state index in [1.54, 1.807) is 31.2 Å². The summed E-state index contributed by atoms with van der Waals surface area (Å²) in [5.74, 6) is -0.180. The van der Waals surface area contributed by atoms with Crippen molar-refractivity contribution in [2.45, 2.75) is 32.3 Å². The summed E-state index contributed by atoms with van der Waals surface area (Å²) in [7, 11) is 0. The van der Waals surface area contributed by atoms with Gasteiger partial charge in [-0.15, -0.1) is 0 Å². The zero-order chi connectivity index (χ0) is 14.3. The summed E-state index contributed by atoms with van der Waals surface area (Å²) in [5.41, 5.74) is -0.185. The Kier molecular flexibility index (Phi) is 6.28. The molecular formula is C14H21ClN2O2. The third-order valence-electron chi connectivity index (χ3n) is 2.73. The molecule has 0 aliphatic rings. The predicted octanol–water partition coefficient (Wildman–Crippen LogP) is 2.42. The van der Waals surface area contributed by atoms with Crippen LogP contribution in [-0.4, -0.2) is 29.7 Å². The lowest BCUT2D eigenvalue weighted by molar-refractivity contribution is -0.115. The lowest BCUT2D eigenvalue weighted by atomic mass is 10.0. The largest absolute Gasteiger partial charge is 0.389 e. The second-order valence-electron chi connectivity index (χ2n) is 4.88. The fraction of sp³-hybridized carbons (Fsp3) is 0.500. The van der Waals surface area contributed by atoms with Crippen LogP contribution in [-0.2, 0) is 4.79 Å². The number of hydrogen-bond donors (Lipinski definition) is 3. The van der Waals surface area contributed by atoms with Gasteiger partial charge in [0.25, 0.3) is 0 Å². The highest BCUT2D eigenvalue weighted by molar-refractivity contribution is 6.33. The molecule has 4 nitrogen and oxygen atoms in total.